The number of aromatic nitrogens is 10. The number of nitrogens with one attached hydrogen (secondary N) is 4. The molecule has 2 aromatic carbocycles. The summed E-state index contributed by atoms with van der Waals surface area (Å²) in [5, 5.41) is 29.9. The van der Waals surface area contributed by atoms with Gasteiger partial charge in [-0.3, -0.25) is 9.59 Å². The van der Waals surface area contributed by atoms with Crippen LogP contribution in [0.3, 0.4) is 0 Å². The Kier molecular flexibility index (Phi) is 11.7. The van der Waals surface area contributed by atoms with Gasteiger partial charge in [-0.2, -0.15) is 30.0 Å². The number of hydrogen-bond acceptors (Lipinski definition) is 12. The van der Waals surface area contributed by atoms with E-state index in [1.54, 1.807) is 55.5 Å². The van der Waals surface area contributed by atoms with Crippen LogP contribution in [0.4, 0.5) is 11.6 Å². The van der Waals surface area contributed by atoms with Crippen LogP contribution in [0, 0.1) is 0 Å². The lowest BCUT2D eigenvalue weighted by atomic mass is 10.1. The Morgan fingerprint density at radius 2 is 1.04 bits per heavy atom. The summed E-state index contributed by atoms with van der Waals surface area (Å²) in [6, 6.07) is 14.8. The van der Waals surface area contributed by atoms with E-state index < -0.39 is 0 Å². The van der Waals surface area contributed by atoms with Gasteiger partial charge in [0.05, 0.1) is 72.1 Å². The van der Waals surface area contributed by atoms with Gasteiger partial charge in [-0.1, -0.05) is 35.9 Å². The summed E-state index contributed by atoms with van der Waals surface area (Å²) in [4.78, 5) is 45.5. The fourth-order valence-electron chi connectivity index (χ4n) is 6.62. The third-order valence-corrected chi connectivity index (χ3v) is 9.74. The molecule has 54 heavy (non-hydrogen) atoms. The van der Waals surface area contributed by atoms with Crippen LogP contribution in [-0.4, -0.2) is 85.9 Å². The van der Waals surface area contributed by atoms with Crippen LogP contribution in [0.2, 0.25) is 5.15 Å². The number of nitrogens with zero attached hydrogens (tertiary/aromatic N) is 10. The highest BCUT2D eigenvalue weighted by Crippen LogP contribution is 2.25. The number of halogens is 2. The van der Waals surface area contributed by atoms with Crippen LogP contribution in [0.15, 0.2) is 103 Å². The van der Waals surface area contributed by atoms with Crippen molar-refractivity contribution in [1.29, 1.82) is 0 Å². The van der Waals surface area contributed by atoms with E-state index in [9.17, 15) is 9.59 Å². The monoisotopic (exact) mass is 810 g/mol. The highest BCUT2D eigenvalue weighted by molar-refractivity contribution is 9.10. The van der Waals surface area contributed by atoms with Gasteiger partial charge in [0.1, 0.15) is 21.4 Å². The van der Waals surface area contributed by atoms with Crippen molar-refractivity contribution in [3.05, 3.63) is 119 Å². The van der Waals surface area contributed by atoms with Crippen LogP contribution in [0.25, 0.3) is 11.4 Å². The summed E-state index contributed by atoms with van der Waals surface area (Å²) in [6.45, 7) is 0. The maximum Gasteiger partial charge on any atom is 0.253 e. The molecule has 18 heteroatoms. The van der Waals surface area contributed by atoms with Crippen molar-refractivity contribution < 1.29 is 9.59 Å². The minimum absolute atomic E-state index is 0.00591. The Labute approximate surface area is 323 Å². The zero-order chi connectivity index (χ0) is 37.3. The molecule has 0 unspecified atom stereocenters. The number of para-hydroxylation sites is 2. The first-order valence-corrected chi connectivity index (χ1v) is 18.6. The maximum atomic E-state index is 12.9. The smallest absolute Gasteiger partial charge is 0.253 e. The predicted octanol–water partition coefficient (Wildman–Crippen LogP) is 5.06. The fourth-order valence-corrected chi connectivity index (χ4v) is 6.92. The molecule has 0 radical (unpaired) electrons. The fraction of sp³-hybridized carbons (Fsp3) is 0.278. The second-order valence-corrected chi connectivity index (χ2v) is 13.8. The molecule has 2 fully saturated rings. The second-order valence-electron chi connectivity index (χ2n) is 12.6. The first-order chi connectivity index (χ1) is 26.4. The molecule has 8 rings (SSSR count). The highest BCUT2D eigenvalue weighted by Gasteiger charge is 2.31. The molecular formula is C36H36BrClN14O2. The number of rotatable bonds is 10. The third-order valence-electron chi connectivity index (χ3n) is 9.14. The number of carbonyl (C=O) groups excluding carboxylic acids is 2. The number of hydrogen-bond donors (Lipinski definition) is 4. The molecule has 2 saturated carbocycles. The lowest BCUT2D eigenvalue weighted by Gasteiger charge is -2.23. The Morgan fingerprint density at radius 3 is 1.48 bits per heavy atom. The predicted molar refractivity (Wildman–Crippen MR) is 205 cm³/mol. The van der Waals surface area contributed by atoms with Crippen molar-refractivity contribution in [3.8, 4) is 11.4 Å². The third kappa shape index (κ3) is 9.03. The molecule has 0 saturated heterocycles. The summed E-state index contributed by atoms with van der Waals surface area (Å²) in [6.07, 6.45) is 18.5. The van der Waals surface area contributed by atoms with Crippen molar-refractivity contribution in [1.82, 2.24) is 60.6 Å². The van der Waals surface area contributed by atoms with Crippen LogP contribution in [-0.2, 0) is 0 Å². The van der Waals surface area contributed by atoms with E-state index >= 15 is 0 Å². The van der Waals surface area contributed by atoms with Gasteiger partial charge in [0.15, 0.2) is 0 Å². The average Bonchev–Trinajstić information content (AvgIpc) is 4.05. The van der Waals surface area contributed by atoms with Crippen molar-refractivity contribution >= 4 is 51.0 Å². The van der Waals surface area contributed by atoms with Crippen molar-refractivity contribution in [2.24, 2.45) is 0 Å². The van der Waals surface area contributed by atoms with Gasteiger partial charge in [-0.05, 0) is 78.7 Å². The number of benzene rings is 2. The van der Waals surface area contributed by atoms with Crippen molar-refractivity contribution in [2.45, 2.75) is 62.7 Å². The van der Waals surface area contributed by atoms with E-state index in [-0.39, 0.29) is 36.0 Å². The summed E-state index contributed by atoms with van der Waals surface area (Å²) >= 11 is 9.06. The largest absolute Gasteiger partial charge is 0.364 e. The average molecular weight is 812 g/mol. The SMILES string of the molecule is O=C(N[C@@H]1CCC[C@@H]1Nc1cnc(Br)cn1)c1ccccc1-n1nccn1.O=C(N[C@@H]1CCC[C@@H]1Nc1cnc(Cl)cn1)c1ccccc1-n1nccn1. The summed E-state index contributed by atoms with van der Waals surface area (Å²) in [7, 11) is 0. The van der Waals surface area contributed by atoms with Crippen LogP contribution >= 0.6 is 27.5 Å². The Balaban J connectivity index is 0.000000167. The molecule has 2 aliphatic rings. The molecule has 4 aromatic heterocycles. The van der Waals surface area contributed by atoms with Gasteiger partial charge in [0, 0.05) is 24.2 Å². The van der Waals surface area contributed by atoms with Crippen molar-refractivity contribution in [2.75, 3.05) is 10.6 Å². The van der Waals surface area contributed by atoms with E-state index in [4.69, 9.17) is 11.6 Å². The standard InChI is InChI=1S/C18H18BrN7O.C18H18ClN7O/c2*19-16-10-21-17(11-20-16)24-13-5-3-6-14(13)25-18(27)12-4-1-2-7-15(12)26-22-8-9-23-26/h2*1-2,4,7-11,13-14H,3,5-6H2,(H,21,24)(H,25,27)/t2*13-,14+/m00/s1. The quantitative estimate of drug-likeness (QED) is 0.144. The first-order valence-electron chi connectivity index (χ1n) is 17.4. The molecule has 4 heterocycles. The van der Waals surface area contributed by atoms with E-state index in [1.165, 1.54) is 15.8 Å². The van der Waals surface area contributed by atoms with Crippen molar-refractivity contribution in [3.63, 3.8) is 0 Å². The van der Waals surface area contributed by atoms with E-state index in [0.717, 1.165) is 38.5 Å². The lowest BCUT2D eigenvalue weighted by Crippen LogP contribution is -2.43. The Morgan fingerprint density at radius 1 is 0.593 bits per heavy atom. The normalized spacial score (nSPS) is 19.0. The Bertz CT molecular complexity index is 1980. The molecule has 6 aromatic rings. The molecule has 276 valence electrons. The van der Waals surface area contributed by atoms with Gasteiger partial charge in [0.25, 0.3) is 11.8 Å². The highest BCUT2D eigenvalue weighted by atomic mass is 79.9. The summed E-state index contributed by atoms with van der Waals surface area (Å²) in [5.41, 5.74) is 2.38. The molecule has 16 nitrogen and oxygen atoms in total. The number of amides is 2. The van der Waals surface area contributed by atoms with Gasteiger partial charge in [-0.25, -0.2) is 19.9 Å². The molecule has 4 atom stereocenters. The van der Waals surface area contributed by atoms with E-state index in [0.29, 0.717) is 43.9 Å². The minimum Gasteiger partial charge on any atom is -0.364 e. The summed E-state index contributed by atoms with van der Waals surface area (Å²) < 4.78 is 0.688. The number of carbonyl (C=O) groups is 2. The van der Waals surface area contributed by atoms with Gasteiger partial charge < -0.3 is 21.3 Å². The molecule has 4 N–H and O–H groups in total. The lowest BCUT2D eigenvalue weighted by molar-refractivity contribution is 0.0927. The first kappa shape index (κ1) is 36.5. The second kappa shape index (κ2) is 17.3. The van der Waals surface area contributed by atoms with Crippen LogP contribution in [0.5, 0.6) is 0 Å². The van der Waals surface area contributed by atoms with Gasteiger partial charge in [0.2, 0.25) is 0 Å². The zero-order valence-electron chi connectivity index (χ0n) is 28.8. The molecule has 0 bridgehead atoms. The summed E-state index contributed by atoms with van der Waals surface area (Å²) in [5.74, 6) is 1.06. The maximum absolute atomic E-state index is 12.9. The topological polar surface area (TPSA) is 195 Å². The molecule has 0 aliphatic heterocycles. The van der Waals surface area contributed by atoms with Crippen LogP contribution < -0.4 is 21.3 Å². The van der Waals surface area contributed by atoms with E-state index in [2.05, 4.69) is 77.5 Å². The molecule has 0 spiro atoms. The van der Waals surface area contributed by atoms with E-state index in [1.807, 2.05) is 36.4 Å². The zero-order valence-corrected chi connectivity index (χ0v) is 31.2. The molecular weight excluding hydrogens is 776 g/mol. The van der Waals surface area contributed by atoms with Gasteiger partial charge >= 0.3 is 0 Å². The Hall–Kier alpha value is -5.81. The van der Waals surface area contributed by atoms with Crippen LogP contribution in [0.1, 0.15) is 59.2 Å². The van der Waals surface area contributed by atoms with Gasteiger partial charge in [-0.15, -0.1) is 0 Å². The molecule has 2 aliphatic carbocycles. The number of anilines is 2. The minimum atomic E-state index is -0.149. The molecule has 2 amide bonds.